The molecule has 0 saturated carbocycles. The van der Waals surface area contributed by atoms with Crippen molar-refractivity contribution in [1.82, 2.24) is 4.98 Å². The van der Waals surface area contributed by atoms with Gasteiger partial charge in [-0.05, 0) is 19.1 Å². The standard InChI is InChI=1S/C11H11FN2S/c1-8(11-6-13-7-15-11)14-10-5-3-2-4-9(10)12/h2-8,14H,1H3. The second-order valence-electron chi connectivity index (χ2n) is 3.25. The third-order valence-electron chi connectivity index (χ3n) is 2.12. The summed E-state index contributed by atoms with van der Waals surface area (Å²) in [5.41, 5.74) is 2.30. The van der Waals surface area contributed by atoms with Gasteiger partial charge >= 0.3 is 0 Å². The number of nitrogens with one attached hydrogen (secondary N) is 1. The SMILES string of the molecule is CC(Nc1ccccc1F)c1cncs1. The number of aromatic nitrogens is 1. The first-order valence-electron chi connectivity index (χ1n) is 4.67. The molecule has 2 aromatic rings. The topological polar surface area (TPSA) is 24.9 Å². The molecule has 0 fully saturated rings. The van der Waals surface area contributed by atoms with Crippen LogP contribution in [0.15, 0.2) is 36.0 Å². The fourth-order valence-corrected chi connectivity index (χ4v) is 1.95. The van der Waals surface area contributed by atoms with Crippen LogP contribution >= 0.6 is 11.3 Å². The number of benzene rings is 1. The molecule has 1 unspecified atom stereocenters. The van der Waals surface area contributed by atoms with Crippen LogP contribution in [0, 0.1) is 5.82 Å². The fraction of sp³-hybridized carbons (Fsp3) is 0.182. The monoisotopic (exact) mass is 222 g/mol. The van der Waals surface area contributed by atoms with Crippen LogP contribution in [0.5, 0.6) is 0 Å². The van der Waals surface area contributed by atoms with E-state index in [9.17, 15) is 4.39 Å². The minimum absolute atomic E-state index is 0.0781. The summed E-state index contributed by atoms with van der Waals surface area (Å²) in [5.74, 6) is -0.228. The Morgan fingerprint density at radius 1 is 1.40 bits per heavy atom. The molecule has 0 amide bonds. The van der Waals surface area contributed by atoms with Gasteiger partial charge in [0.2, 0.25) is 0 Å². The predicted octanol–water partition coefficient (Wildman–Crippen LogP) is 3.46. The van der Waals surface area contributed by atoms with Crippen molar-refractivity contribution in [3.05, 3.63) is 46.7 Å². The highest BCUT2D eigenvalue weighted by Crippen LogP contribution is 2.23. The first-order valence-corrected chi connectivity index (χ1v) is 5.55. The Morgan fingerprint density at radius 2 is 2.20 bits per heavy atom. The number of rotatable bonds is 3. The highest BCUT2D eigenvalue weighted by Gasteiger charge is 2.08. The largest absolute Gasteiger partial charge is 0.375 e. The van der Waals surface area contributed by atoms with E-state index in [-0.39, 0.29) is 11.9 Å². The molecule has 1 N–H and O–H groups in total. The van der Waals surface area contributed by atoms with Crippen LogP contribution in [0.25, 0.3) is 0 Å². The molecule has 0 saturated heterocycles. The number of hydrogen-bond donors (Lipinski definition) is 1. The molecule has 2 nitrogen and oxygen atoms in total. The van der Waals surface area contributed by atoms with E-state index in [0.717, 1.165) is 4.88 Å². The molecule has 1 atom stereocenters. The van der Waals surface area contributed by atoms with Gasteiger partial charge in [0.15, 0.2) is 0 Å². The first-order chi connectivity index (χ1) is 7.27. The summed E-state index contributed by atoms with van der Waals surface area (Å²) in [4.78, 5) is 5.09. The zero-order valence-electron chi connectivity index (χ0n) is 8.27. The Labute approximate surface area is 91.8 Å². The van der Waals surface area contributed by atoms with Crippen molar-refractivity contribution in [3.8, 4) is 0 Å². The number of hydrogen-bond acceptors (Lipinski definition) is 3. The van der Waals surface area contributed by atoms with E-state index in [0.29, 0.717) is 5.69 Å². The summed E-state index contributed by atoms with van der Waals surface area (Å²) >= 11 is 1.56. The maximum atomic E-state index is 13.3. The molecule has 0 bridgehead atoms. The van der Waals surface area contributed by atoms with Gasteiger partial charge in [-0.1, -0.05) is 12.1 Å². The maximum absolute atomic E-state index is 13.3. The van der Waals surface area contributed by atoms with Gasteiger partial charge in [0.25, 0.3) is 0 Å². The summed E-state index contributed by atoms with van der Waals surface area (Å²) in [6, 6.07) is 6.74. The lowest BCUT2D eigenvalue weighted by molar-refractivity contribution is 0.628. The predicted molar refractivity (Wildman–Crippen MR) is 60.6 cm³/mol. The second-order valence-corrected chi connectivity index (χ2v) is 4.17. The van der Waals surface area contributed by atoms with Crippen molar-refractivity contribution in [3.63, 3.8) is 0 Å². The molecule has 2 rings (SSSR count). The average molecular weight is 222 g/mol. The first kappa shape index (κ1) is 10.1. The lowest BCUT2D eigenvalue weighted by Gasteiger charge is -2.13. The van der Waals surface area contributed by atoms with E-state index in [1.54, 1.807) is 35.2 Å². The molecule has 78 valence electrons. The Kier molecular flexibility index (Phi) is 2.97. The zero-order valence-corrected chi connectivity index (χ0v) is 9.09. The Morgan fingerprint density at radius 3 is 2.87 bits per heavy atom. The van der Waals surface area contributed by atoms with Gasteiger partial charge in [-0.25, -0.2) is 4.39 Å². The summed E-state index contributed by atoms with van der Waals surface area (Å²) in [6.07, 6.45) is 1.79. The number of para-hydroxylation sites is 1. The number of thiazole rings is 1. The van der Waals surface area contributed by atoms with Crippen molar-refractivity contribution in [2.45, 2.75) is 13.0 Å². The van der Waals surface area contributed by atoms with Crippen LogP contribution in [0.2, 0.25) is 0 Å². The molecule has 15 heavy (non-hydrogen) atoms. The van der Waals surface area contributed by atoms with Crippen molar-refractivity contribution in [2.24, 2.45) is 0 Å². The average Bonchev–Trinajstić information content (AvgIpc) is 2.74. The number of nitrogens with zero attached hydrogens (tertiary/aromatic N) is 1. The van der Waals surface area contributed by atoms with E-state index in [1.807, 2.05) is 13.0 Å². The second kappa shape index (κ2) is 4.40. The van der Waals surface area contributed by atoms with Crippen LogP contribution in [0.1, 0.15) is 17.8 Å². The highest BCUT2D eigenvalue weighted by molar-refractivity contribution is 7.09. The molecule has 0 aliphatic carbocycles. The molecule has 1 aromatic carbocycles. The van der Waals surface area contributed by atoms with Crippen LogP contribution in [0.3, 0.4) is 0 Å². The lowest BCUT2D eigenvalue weighted by Crippen LogP contribution is -2.06. The molecule has 0 radical (unpaired) electrons. The fourth-order valence-electron chi connectivity index (χ4n) is 1.32. The van der Waals surface area contributed by atoms with Gasteiger partial charge in [0, 0.05) is 11.1 Å². The van der Waals surface area contributed by atoms with Crippen molar-refractivity contribution in [1.29, 1.82) is 0 Å². The zero-order chi connectivity index (χ0) is 10.7. The van der Waals surface area contributed by atoms with Crippen LogP contribution in [0.4, 0.5) is 10.1 Å². The van der Waals surface area contributed by atoms with Crippen molar-refractivity contribution >= 4 is 17.0 Å². The molecule has 4 heteroatoms. The Bertz CT molecular complexity index is 428. The van der Waals surface area contributed by atoms with Gasteiger partial charge < -0.3 is 5.32 Å². The van der Waals surface area contributed by atoms with Crippen molar-refractivity contribution in [2.75, 3.05) is 5.32 Å². The molecule has 0 aliphatic heterocycles. The highest BCUT2D eigenvalue weighted by atomic mass is 32.1. The Balaban J connectivity index is 2.13. The summed E-state index contributed by atoms with van der Waals surface area (Å²) in [5, 5.41) is 3.11. The number of anilines is 1. The van der Waals surface area contributed by atoms with Gasteiger partial charge in [-0.15, -0.1) is 11.3 Å². The summed E-state index contributed by atoms with van der Waals surface area (Å²) in [7, 11) is 0. The van der Waals surface area contributed by atoms with E-state index >= 15 is 0 Å². The number of halogens is 1. The van der Waals surface area contributed by atoms with Gasteiger partial charge in [-0.2, -0.15) is 0 Å². The normalized spacial score (nSPS) is 12.4. The molecule has 1 aromatic heterocycles. The minimum atomic E-state index is -0.228. The van der Waals surface area contributed by atoms with Gasteiger partial charge in [0.1, 0.15) is 5.82 Å². The maximum Gasteiger partial charge on any atom is 0.146 e. The molecule has 0 spiro atoms. The third kappa shape index (κ3) is 2.33. The smallest absolute Gasteiger partial charge is 0.146 e. The van der Waals surface area contributed by atoms with Crippen molar-refractivity contribution < 1.29 is 4.39 Å². The van der Waals surface area contributed by atoms with E-state index in [1.165, 1.54) is 6.07 Å². The summed E-state index contributed by atoms with van der Waals surface area (Å²) in [6.45, 7) is 1.99. The molecular weight excluding hydrogens is 211 g/mol. The van der Waals surface area contributed by atoms with Crippen LogP contribution < -0.4 is 5.32 Å². The minimum Gasteiger partial charge on any atom is -0.375 e. The Hall–Kier alpha value is -1.42. The quantitative estimate of drug-likeness (QED) is 0.860. The van der Waals surface area contributed by atoms with E-state index in [4.69, 9.17) is 0 Å². The van der Waals surface area contributed by atoms with Gasteiger partial charge in [0.05, 0.1) is 17.2 Å². The lowest BCUT2D eigenvalue weighted by atomic mass is 10.2. The van der Waals surface area contributed by atoms with E-state index < -0.39 is 0 Å². The van der Waals surface area contributed by atoms with E-state index in [2.05, 4.69) is 10.3 Å². The molecule has 1 heterocycles. The van der Waals surface area contributed by atoms with Crippen LogP contribution in [-0.2, 0) is 0 Å². The molecular formula is C11H11FN2S. The third-order valence-corrected chi connectivity index (χ3v) is 3.08. The van der Waals surface area contributed by atoms with Crippen LogP contribution in [-0.4, -0.2) is 4.98 Å². The summed E-state index contributed by atoms with van der Waals surface area (Å²) < 4.78 is 13.3. The van der Waals surface area contributed by atoms with Gasteiger partial charge in [-0.3, -0.25) is 4.98 Å². The molecule has 0 aliphatic rings.